The van der Waals surface area contributed by atoms with Gasteiger partial charge in [0.25, 0.3) is 5.91 Å². The maximum atomic E-state index is 14.4. The Morgan fingerprint density at radius 1 is 1.03 bits per heavy atom. The Bertz CT molecular complexity index is 1230. The van der Waals surface area contributed by atoms with Gasteiger partial charge in [0.1, 0.15) is 5.75 Å². The molecule has 0 saturated carbocycles. The van der Waals surface area contributed by atoms with Gasteiger partial charge in [-0.2, -0.15) is 4.98 Å². The zero-order valence-electron chi connectivity index (χ0n) is 20.5. The van der Waals surface area contributed by atoms with Gasteiger partial charge >= 0.3 is 6.09 Å². The number of carbonyl (C=O) groups excluding carboxylic acids is 2. The highest BCUT2D eigenvalue weighted by atomic mass is 19.1. The summed E-state index contributed by atoms with van der Waals surface area (Å²) < 4.78 is 24.7. The molecule has 1 aromatic heterocycles. The van der Waals surface area contributed by atoms with Crippen molar-refractivity contribution in [1.82, 2.24) is 20.2 Å². The van der Waals surface area contributed by atoms with Crippen molar-refractivity contribution in [2.75, 3.05) is 62.5 Å². The molecule has 194 valence electrons. The van der Waals surface area contributed by atoms with E-state index in [0.717, 1.165) is 11.9 Å². The van der Waals surface area contributed by atoms with E-state index in [2.05, 4.69) is 30.8 Å². The number of nitrogens with zero attached hydrogens (tertiary/aromatic N) is 4. The molecule has 2 aromatic carbocycles. The van der Waals surface area contributed by atoms with Crippen LogP contribution in [0.3, 0.4) is 0 Å². The summed E-state index contributed by atoms with van der Waals surface area (Å²) in [6.07, 6.45) is 0.765. The van der Waals surface area contributed by atoms with Crippen LogP contribution in [-0.2, 0) is 9.53 Å². The first-order valence-electron chi connectivity index (χ1n) is 11.6. The zero-order chi connectivity index (χ0) is 26.2. The highest BCUT2D eigenvalue weighted by Crippen LogP contribution is 2.25. The first-order chi connectivity index (χ1) is 17.9. The molecule has 0 unspecified atom stereocenters. The van der Waals surface area contributed by atoms with Gasteiger partial charge in [0.15, 0.2) is 18.2 Å². The molecule has 4 rings (SSSR count). The molecule has 0 radical (unpaired) electrons. The summed E-state index contributed by atoms with van der Waals surface area (Å²) in [5, 5.41) is 8.49. The molecule has 11 nitrogen and oxygen atoms in total. The fourth-order valence-corrected chi connectivity index (χ4v) is 3.70. The van der Waals surface area contributed by atoms with Crippen LogP contribution in [0.15, 0.2) is 54.7 Å². The number of anilines is 5. The van der Waals surface area contributed by atoms with Gasteiger partial charge in [-0.3, -0.25) is 4.79 Å². The number of likely N-dealkylation sites (N-methyl/N-ethyl adjacent to an activating group) is 1. The van der Waals surface area contributed by atoms with E-state index in [-0.39, 0.29) is 30.4 Å². The zero-order valence-corrected chi connectivity index (χ0v) is 20.5. The number of ether oxygens (including phenoxy) is 2. The van der Waals surface area contributed by atoms with E-state index in [9.17, 15) is 14.0 Å². The van der Waals surface area contributed by atoms with Gasteiger partial charge in [0.05, 0.1) is 13.3 Å². The predicted molar refractivity (Wildman–Crippen MR) is 137 cm³/mol. The second-order valence-electron chi connectivity index (χ2n) is 8.12. The Morgan fingerprint density at radius 2 is 1.78 bits per heavy atom. The van der Waals surface area contributed by atoms with Crippen molar-refractivity contribution >= 4 is 40.8 Å². The first-order valence-corrected chi connectivity index (χ1v) is 11.6. The normalized spacial score (nSPS) is 13.1. The van der Waals surface area contributed by atoms with Crippen LogP contribution in [0.4, 0.5) is 38.0 Å². The van der Waals surface area contributed by atoms with Crippen LogP contribution in [0.5, 0.6) is 5.75 Å². The number of carbonyl (C=O) groups is 2. The molecule has 37 heavy (non-hydrogen) atoms. The number of methoxy groups -OCH3 is 1. The quantitative estimate of drug-likeness (QED) is 0.421. The third kappa shape index (κ3) is 6.75. The fraction of sp³-hybridized carbons (Fsp3) is 0.280. The lowest BCUT2D eigenvalue weighted by Crippen LogP contribution is -2.48. The van der Waals surface area contributed by atoms with E-state index in [1.165, 1.54) is 14.2 Å². The maximum absolute atomic E-state index is 14.4. The van der Waals surface area contributed by atoms with Crippen LogP contribution in [0, 0.1) is 5.82 Å². The molecule has 3 aromatic rings. The van der Waals surface area contributed by atoms with Gasteiger partial charge in [0, 0.05) is 56.4 Å². The lowest BCUT2D eigenvalue weighted by Gasteiger charge is -2.35. The maximum Gasteiger partial charge on any atom is 0.409 e. The molecule has 0 atom stereocenters. The standard InChI is InChI=1S/C25H28FN7O4/c1-27-22(34)16-37-20-5-3-4-18(14-20)30-24-28-15-21(26)23(31-24)29-17-6-8-19(9-7-17)32-10-12-33(13-11-32)25(35)36-2/h3-9,14-15H,10-13,16H2,1-2H3,(H,27,34)(H2,28,29,30,31). The molecule has 12 heteroatoms. The summed E-state index contributed by atoms with van der Waals surface area (Å²) in [7, 11) is 2.91. The average molecular weight is 510 g/mol. The van der Waals surface area contributed by atoms with E-state index in [1.54, 1.807) is 29.2 Å². The van der Waals surface area contributed by atoms with Crippen LogP contribution in [0.1, 0.15) is 0 Å². The number of piperazine rings is 1. The van der Waals surface area contributed by atoms with Gasteiger partial charge in [-0.1, -0.05) is 6.07 Å². The Labute approximate surface area is 213 Å². The van der Waals surface area contributed by atoms with Gasteiger partial charge in [-0.25, -0.2) is 14.2 Å². The fourth-order valence-electron chi connectivity index (χ4n) is 3.70. The van der Waals surface area contributed by atoms with E-state index in [1.807, 2.05) is 24.3 Å². The van der Waals surface area contributed by atoms with Gasteiger partial charge in [-0.05, 0) is 36.4 Å². The summed E-state index contributed by atoms with van der Waals surface area (Å²) >= 11 is 0. The monoisotopic (exact) mass is 509 g/mol. The predicted octanol–water partition coefficient (Wildman–Crippen LogP) is 3.12. The summed E-state index contributed by atoms with van der Waals surface area (Å²) in [4.78, 5) is 35.2. The van der Waals surface area contributed by atoms with E-state index >= 15 is 0 Å². The topological polar surface area (TPSA) is 121 Å². The number of benzene rings is 2. The lowest BCUT2D eigenvalue weighted by atomic mass is 10.2. The highest BCUT2D eigenvalue weighted by molar-refractivity contribution is 5.77. The number of hydrogen-bond donors (Lipinski definition) is 3. The Balaban J connectivity index is 1.38. The van der Waals surface area contributed by atoms with Gasteiger partial charge in [-0.15, -0.1) is 0 Å². The van der Waals surface area contributed by atoms with Gasteiger partial charge in [0.2, 0.25) is 5.95 Å². The average Bonchev–Trinajstić information content (AvgIpc) is 2.94. The van der Waals surface area contributed by atoms with Crippen LogP contribution in [-0.4, -0.2) is 73.8 Å². The second-order valence-corrected chi connectivity index (χ2v) is 8.12. The number of aromatic nitrogens is 2. The minimum Gasteiger partial charge on any atom is -0.484 e. The Hall–Kier alpha value is -4.61. The van der Waals surface area contributed by atoms with Crippen LogP contribution in [0.25, 0.3) is 0 Å². The van der Waals surface area contributed by atoms with E-state index in [4.69, 9.17) is 9.47 Å². The number of amides is 2. The molecule has 1 aliphatic heterocycles. The summed E-state index contributed by atoms with van der Waals surface area (Å²) in [5.74, 6) is -0.154. The number of nitrogens with one attached hydrogen (secondary N) is 3. The van der Waals surface area contributed by atoms with Crippen molar-refractivity contribution < 1.29 is 23.5 Å². The van der Waals surface area contributed by atoms with Crippen LogP contribution >= 0.6 is 0 Å². The minimum atomic E-state index is -0.601. The molecule has 0 spiro atoms. The van der Waals surface area contributed by atoms with Crippen molar-refractivity contribution in [3.63, 3.8) is 0 Å². The molecular weight excluding hydrogens is 481 g/mol. The number of halogens is 1. The molecule has 1 saturated heterocycles. The Morgan fingerprint density at radius 3 is 2.49 bits per heavy atom. The van der Waals surface area contributed by atoms with Crippen molar-refractivity contribution in [3.05, 3.63) is 60.5 Å². The Kier molecular flexibility index (Phi) is 8.18. The summed E-state index contributed by atoms with van der Waals surface area (Å²) in [5.41, 5.74) is 2.27. The molecule has 2 amide bonds. The van der Waals surface area contributed by atoms with Crippen LogP contribution in [0.2, 0.25) is 0 Å². The summed E-state index contributed by atoms with van der Waals surface area (Å²) in [6.45, 7) is 2.43. The molecule has 0 bridgehead atoms. The number of rotatable bonds is 8. The molecule has 3 N–H and O–H groups in total. The van der Waals surface area contributed by atoms with Crippen molar-refractivity contribution in [2.24, 2.45) is 0 Å². The molecule has 2 heterocycles. The third-order valence-electron chi connectivity index (χ3n) is 5.69. The molecular formula is C25H28FN7O4. The van der Waals surface area contributed by atoms with E-state index in [0.29, 0.717) is 43.3 Å². The largest absolute Gasteiger partial charge is 0.484 e. The molecule has 1 aliphatic rings. The third-order valence-corrected chi connectivity index (χ3v) is 5.69. The van der Waals surface area contributed by atoms with Crippen LogP contribution < -0.4 is 25.6 Å². The second kappa shape index (κ2) is 11.9. The van der Waals surface area contributed by atoms with Gasteiger partial charge < -0.3 is 35.2 Å². The van der Waals surface area contributed by atoms with Crippen molar-refractivity contribution in [3.8, 4) is 5.75 Å². The van der Waals surface area contributed by atoms with Crippen molar-refractivity contribution in [2.45, 2.75) is 0 Å². The lowest BCUT2D eigenvalue weighted by molar-refractivity contribution is -0.122. The van der Waals surface area contributed by atoms with Crippen molar-refractivity contribution in [1.29, 1.82) is 0 Å². The van der Waals surface area contributed by atoms with E-state index < -0.39 is 5.82 Å². The molecule has 0 aliphatic carbocycles. The first kappa shape index (κ1) is 25.5. The number of hydrogen-bond acceptors (Lipinski definition) is 9. The summed E-state index contributed by atoms with van der Waals surface area (Å²) in [6, 6.07) is 14.5. The molecule has 1 fully saturated rings. The smallest absolute Gasteiger partial charge is 0.409 e. The minimum absolute atomic E-state index is 0.0176. The SMILES string of the molecule is CNC(=O)COc1cccc(Nc2ncc(F)c(Nc3ccc(N4CCN(C(=O)OC)CC4)cc3)n2)c1. The highest BCUT2D eigenvalue weighted by Gasteiger charge is 2.21.